The molecular weight excluding hydrogens is 410 g/mol. The Kier molecular flexibility index (Phi) is 5.58. The standard InChI is InChI=1S/C28H33N3O2/c32-28(29-23-11-13-25(14-12-23)33-24-8-2-1-3-9-24)31-16-6-7-20-17-21-18-22(27(20)31)19-30-15-5-4-10-26(21)30/h1-3,8-9,11-14,17,21-22,26-27H,4-7,10,15-16,18-19H2,(H,29,32)/t21-,22-,26+,27+/m0/s1. The molecule has 5 heteroatoms. The van der Waals surface area contributed by atoms with Crippen LogP contribution in [0.2, 0.25) is 0 Å². The highest BCUT2D eigenvalue weighted by atomic mass is 16.5. The first-order valence-corrected chi connectivity index (χ1v) is 12.6. The van der Waals surface area contributed by atoms with Crippen molar-refractivity contribution in [2.75, 3.05) is 25.0 Å². The van der Waals surface area contributed by atoms with Crippen molar-refractivity contribution in [1.82, 2.24) is 9.80 Å². The predicted molar refractivity (Wildman–Crippen MR) is 131 cm³/mol. The van der Waals surface area contributed by atoms with Crippen molar-refractivity contribution >= 4 is 11.7 Å². The summed E-state index contributed by atoms with van der Waals surface area (Å²) in [6.45, 7) is 3.23. The Hall–Kier alpha value is -2.79. The number of amides is 2. The molecule has 0 aromatic heterocycles. The molecule has 2 amide bonds. The highest BCUT2D eigenvalue weighted by Crippen LogP contribution is 2.45. The van der Waals surface area contributed by atoms with Crippen molar-refractivity contribution in [3.63, 3.8) is 0 Å². The van der Waals surface area contributed by atoms with E-state index in [1.54, 1.807) is 0 Å². The Labute approximate surface area is 196 Å². The maximum absolute atomic E-state index is 13.4. The quantitative estimate of drug-likeness (QED) is 0.600. The normalized spacial score (nSPS) is 28.8. The molecule has 2 aromatic carbocycles. The maximum Gasteiger partial charge on any atom is 0.322 e. The minimum Gasteiger partial charge on any atom is -0.457 e. The lowest BCUT2D eigenvalue weighted by atomic mass is 9.68. The molecule has 0 unspecified atom stereocenters. The summed E-state index contributed by atoms with van der Waals surface area (Å²) >= 11 is 0. The van der Waals surface area contributed by atoms with Gasteiger partial charge in [-0.05, 0) is 86.9 Å². The predicted octanol–water partition coefficient (Wildman–Crippen LogP) is 5.91. The van der Waals surface area contributed by atoms with Gasteiger partial charge in [-0.3, -0.25) is 4.90 Å². The lowest BCUT2D eigenvalue weighted by Gasteiger charge is -2.54. The molecule has 4 aliphatic rings. The molecule has 0 saturated carbocycles. The van der Waals surface area contributed by atoms with Gasteiger partial charge in [0.2, 0.25) is 0 Å². The van der Waals surface area contributed by atoms with Crippen LogP contribution in [0.5, 0.6) is 11.5 Å². The SMILES string of the molecule is O=C(Nc1ccc(Oc2ccccc2)cc1)N1CCCC2=C[C@H]3C[C@@H](CN4CCCC[C@H]34)[C@@H]21. The van der Waals surface area contributed by atoms with Crippen molar-refractivity contribution in [3.05, 3.63) is 66.2 Å². The first kappa shape index (κ1) is 20.8. The van der Waals surface area contributed by atoms with E-state index in [1.165, 1.54) is 37.8 Å². The molecule has 3 aliphatic heterocycles. The molecule has 0 spiro atoms. The number of rotatable bonds is 3. The Morgan fingerprint density at radius 1 is 0.939 bits per heavy atom. The maximum atomic E-state index is 13.4. The topological polar surface area (TPSA) is 44.8 Å². The molecule has 3 fully saturated rings. The zero-order valence-electron chi connectivity index (χ0n) is 19.2. The third-order valence-corrected chi connectivity index (χ3v) is 8.00. The van der Waals surface area contributed by atoms with Gasteiger partial charge in [-0.2, -0.15) is 0 Å². The molecule has 2 aromatic rings. The zero-order chi connectivity index (χ0) is 22.2. The van der Waals surface area contributed by atoms with Gasteiger partial charge in [-0.25, -0.2) is 4.79 Å². The third kappa shape index (κ3) is 4.15. The summed E-state index contributed by atoms with van der Waals surface area (Å²) in [5.41, 5.74) is 2.33. The van der Waals surface area contributed by atoms with Gasteiger partial charge in [0.05, 0.1) is 6.04 Å². The molecule has 5 nitrogen and oxygen atoms in total. The van der Waals surface area contributed by atoms with Crippen LogP contribution in [0, 0.1) is 11.8 Å². The number of carbonyl (C=O) groups is 1. The number of para-hydroxylation sites is 1. The summed E-state index contributed by atoms with van der Waals surface area (Å²) in [6, 6.07) is 18.4. The van der Waals surface area contributed by atoms with Crippen molar-refractivity contribution in [3.8, 4) is 11.5 Å². The van der Waals surface area contributed by atoms with E-state index in [1.807, 2.05) is 54.6 Å². The Balaban J connectivity index is 1.15. The average molecular weight is 444 g/mol. The van der Waals surface area contributed by atoms with Gasteiger partial charge in [-0.15, -0.1) is 0 Å². The van der Waals surface area contributed by atoms with Crippen LogP contribution in [0.3, 0.4) is 0 Å². The van der Waals surface area contributed by atoms with Gasteiger partial charge in [0.15, 0.2) is 0 Å². The number of nitrogens with one attached hydrogen (secondary N) is 1. The van der Waals surface area contributed by atoms with Crippen LogP contribution in [-0.2, 0) is 0 Å². The lowest BCUT2D eigenvalue weighted by Crippen LogP contribution is -2.60. The number of likely N-dealkylation sites (tertiary alicyclic amines) is 1. The molecule has 6 rings (SSSR count). The summed E-state index contributed by atoms with van der Waals surface area (Å²) in [6.07, 6.45) is 10.1. The van der Waals surface area contributed by atoms with Gasteiger partial charge in [-0.1, -0.05) is 36.3 Å². The molecule has 172 valence electrons. The van der Waals surface area contributed by atoms with Crippen molar-refractivity contribution in [2.45, 2.75) is 50.6 Å². The van der Waals surface area contributed by atoms with Crippen molar-refractivity contribution in [1.29, 1.82) is 0 Å². The second-order valence-electron chi connectivity index (χ2n) is 10.1. The van der Waals surface area contributed by atoms with Gasteiger partial charge in [0.1, 0.15) is 11.5 Å². The number of nitrogens with zero attached hydrogens (tertiary/aromatic N) is 2. The molecular formula is C28H33N3O2. The highest BCUT2D eigenvalue weighted by molar-refractivity contribution is 5.90. The van der Waals surface area contributed by atoms with Gasteiger partial charge < -0.3 is 15.0 Å². The molecule has 0 radical (unpaired) electrons. The number of carbonyl (C=O) groups excluding carboxylic acids is 1. The summed E-state index contributed by atoms with van der Waals surface area (Å²) in [5.74, 6) is 2.83. The zero-order valence-corrected chi connectivity index (χ0v) is 19.2. The van der Waals surface area contributed by atoms with E-state index in [-0.39, 0.29) is 12.1 Å². The summed E-state index contributed by atoms with van der Waals surface area (Å²) in [7, 11) is 0. The number of hydrogen-bond donors (Lipinski definition) is 1. The Morgan fingerprint density at radius 3 is 2.61 bits per heavy atom. The van der Waals surface area contributed by atoms with Crippen LogP contribution >= 0.6 is 0 Å². The minimum absolute atomic E-state index is 0.0292. The summed E-state index contributed by atoms with van der Waals surface area (Å²) in [4.78, 5) is 18.2. The van der Waals surface area contributed by atoms with E-state index in [4.69, 9.17) is 4.74 Å². The largest absolute Gasteiger partial charge is 0.457 e. The fourth-order valence-electron chi connectivity index (χ4n) is 6.63. The fourth-order valence-corrected chi connectivity index (χ4v) is 6.63. The Bertz CT molecular complexity index is 1020. The average Bonchev–Trinajstić information content (AvgIpc) is 2.85. The van der Waals surface area contributed by atoms with Crippen molar-refractivity contribution in [2.24, 2.45) is 11.8 Å². The molecule has 1 aliphatic carbocycles. The van der Waals surface area contributed by atoms with Crippen LogP contribution in [0.4, 0.5) is 10.5 Å². The Morgan fingerprint density at radius 2 is 1.76 bits per heavy atom. The molecule has 1 N–H and O–H groups in total. The molecule has 4 atom stereocenters. The number of fused-ring (bicyclic) bond motifs is 6. The number of urea groups is 1. The van der Waals surface area contributed by atoms with Crippen molar-refractivity contribution < 1.29 is 9.53 Å². The monoisotopic (exact) mass is 443 g/mol. The number of benzene rings is 2. The second kappa shape index (κ2) is 8.86. The molecule has 3 heterocycles. The fraction of sp³-hybridized carbons (Fsp3) is 0.464. The van der Waals surface area contributed by atoms with Crippen LogP contribution < -0.4 is 10.1 Å². The van der Waals surface area contributed by atoms with E-state index in [0.717, 1.165) is 49.2 Å². The minimum atomic E-state index is 0.0292. The third-order valence-electron chi connectivity index (χ3n) is 8.00. The van der Waals surface area contributed by atoms with Crippen LogP contribution in [0.25, 0.3) is 0 Å². The van der Waals surface area contributed by atoms with Gasteiger partial charge in [0.25, 0.3) is 0 Å². The molecule has 33 heavy (non-hydrogen) atoms. The highest BCUT2D eigenvalue weighted by Gasteiger charge is 2.46. The first-order valence-electron chi connectivity index (χ1n) is 12.6. The van der Waals surface area contributed by atoms with Crippen LogP contribution in [-0.4, -0.2) is 47.5 Å². The summed E-state index contributed by atoms with van der Waals surface area (Å²) in [5, 5.41) is 3.16. The first-order chi connectivity index (χ1) is 16.2. The van der Waals surface area contributed by atoms with E-state index in [2.05, 4.69) is 21.2 Å². The molecule has 3 saturated heterocycles. The van der Waals surface area contributed by atoms with E-state index < -0.39 is 0 Å². The lowest BCUT2D eigenvalue weighted by molar-refractivity contribution is 0.00908. The van der Waals surface area contributed by atoms with E-state index in [0.29, 0.717) is 11.8 Å². The van der Waals surface area contributed by atoms with E-state index >= 15 is 0 Å². The van der Waals surface area contributed by atoms with Gasteiger partial charge >= 0.3 is 6.03 Å². The number of hydrogen-bond acceptors (Lipinski definition) is 3. The number of anilines is 1. The number of ether oxygens (including phenoxy) is 1. The molecule has 2 bridgehead atoms. The number of piperidine rings is 3. The van der Waals surface area contributed by atoms with Gasteiger partial charge in [0, 0.05) is 24.8 Å². The van der Waals surface area contributed by atoms with E-state index in [9.17, 15) is 4.79 Å². The van der Waals surface area contributed by atoms with Crippen LogP contribution in [0.15, 0.2) is 66.2 Å². The smallest absolute Gasteiger partial charge is 0.322 e. The second-order valence-corrected chi connectivity index (χ2v) is 10.1. The van der Waals surface area contributed by atoms with Crippen LogP contribution in [0.1, 0.15) is 38.5 Å². The summed E-state index contributed by atoms with van der Waals surface area (Å²) < 4.78 is 5.88.